The third-order valence-corrected chi connectivity index (χ3v) is 4.31. The van der Waals surface area contributed by atoms with Gasteiger partial charge in [0.1, 0.15) is 4.99 Å². The molecular weight excluding hydrogens is 352 g/mol. The molecule has 0 atom stereocenters. The Morgan fingerprint density at radius 1 is 0.778 bits per heavy atom. The molecule has 0 bridgehead atoms. The van der Waals surface area contributed by atoms with Gasteiger partial charge in [0, 0.05) is 23.9 Å². The zero-order valence-corrected chi connectivity index (χ0v) is 15.6. The average molecular weight is 372 g/mol. The summed E-state index contributed by atoms with van der Waals surface area (Å²) in [6, 6.07) is 28.9. The molecule has 134 valence electrons. The van der Waals surface area contributed by atoms with E-state index in [0.717, 1.165) is 11.1 Å². The minimum absolute atomic E-state index is 0.217. The third kappa shape index (κ3) is 5.36. The third-order valence-electron chi connectivity index (χ3n) is 3.99. The normalized spacial score (nSPS) is 10.9. The number of thiocarbonyl (C=S) groups is 1. The Balaban J connectivity index is 1.76. The molecule has 0 heterocycles. The van der Waals surface area contributed by atoms with Gasteiger partial charge in [-0.2, -0.15) is 0 Å². The van der Waals surface area contributed by atoms with Gasteiger partial charge >= 0.3 is 0 Å². The molecule has 3 nitrogen and oxygen atoms in total. The van der Waals surface area contributed by atoms with Crippen molar-refractivity contribution in [3.8, 4) is 0 Å². The molecule has 0 aliphatic heterocycles. The van der Waals surface area contributed by atoms with Crippen LogP contribution in [0.15, 0.2) is 97.2 Å². The van der Waals surface area contributed by atoms with Crippen molar-refractivity contribution >= 4 is 28.7 Å². The van der Waals surface area contributed by atoms with Crippen LogP contribution in [0.2, 0.25) is 0 Å². The second-order valence-electron chi connectivity index (χ2n) is 5.94. The molecule has 0 aliphatic carbocycles. The lowest BCUT2D eigenvalue weighted by molar-refractivity contribution is 0.0978. The highest BCUT2D eigenvalue weighted by atomic mass is 32.1. The lowest BCUT2D eigenvalue weighted by Crippen LogP contribution is -2.30. The van der Waals surface area contributed by atoms with Crippen molar-refractivity contribution in [2.75, 3.05) is 0 Å². The second kappa shape index (κ2) is 9.46. The van der Waals surface area contributed by atoms with Crippen molar-refractivity contribution in [1.82, 2.24) is 10.6 Å². The van der Waals surface area contributed by atoms with E-state index in [-0.39, 0.29) is 5.91 Å². The Hall–Kier alpha value is -3.24. The number of hydrogen-bond donors (Lipinski definition) is 2. The summed E-state index contributed by atoms with van der Waals surface area (Å²) in [6.45, 7) is 0.673. The van der Waals surface area contributed by atoms with E-state index >= 15 is 0 Å². The molecule has 0 aliphatic rings. The van der Waals surface area contributed by atoms with Gasteiger partial charge in [0.05, 0.1) is 0 Å². The van der Waals surface area contributed by atoms with Crippen molar-refractivity contribution < 1.29 is 4.79 Å². The predicted octanol–water partition coefficient (Wildman–Crippen LogP) is 4.57. The van der Waals surface area contributed by atoms with E-state index in [1.807, 2.05) is 72.9 Å². The quantitative estimate of drug-likeness (QED) is 0.492. The highest BCUT2D eigenvalue weighted by Crippen LogP contribution is 2.15. The maximum absolute atomic E-state index is 12.4. The summed E-state index contributed by atoms with van der Waals surface area (Å²) < 4.78 is 0. The van der Waals surface area contributed by atoms with Crippen LogP contribution >= 0.6 is 12.2 Å². The fraction of sp³-hybridized carbons (Fsp3) is 0.0435. The van der Waals surface area contributed by atoms with Crippen LogP contribution in [0.25, 0.3) is 5.57 Å². The fourth-order valence-electron chi connectivity index (χ4n) is 2.60. The molecular formula is C23H20N2OS. The van der Waals surface area contributed by atoms with Crippen LogP contribution in [0.3, 0.4) is 0 Å². The lowest BCUT2D eigenvalue weighted by atomic mass is 10.1. The summed E-state index contributed by atoms with van der Waals surface area (Å²) in [5.74, 6) is -0.217. The Kier molecular flexibility index (Phi) is 6.50. The standard InChI is InChI=1S/C23H20N2OS/c26-22(20-14-8-3-9-15-20)25-23(27)21(19-12-6-2-7-13-19)17-24-16-18-10-4-1-5-11-18/h1-15,17,24H,16H2,(H,25,26,27)/b21-17+. The summed E-state index contributed by atoms with van der Waals surface area (Å²) in [4.78, 5) is 12.8. The molecule has 0 unspecified atom stereocenters. The van der Waals surface area contributed by atoms with Gasteiger partial charge in [-0.3, -0.25) is 4.79 Å². The van der Waals surface area contributed by atoms with Gasteiger partial charge in [0.2, 0.25) is 0 Å². The monoisotopic (exact) mass is 372 g/mol. The molecule has 0 fully saturated rings. The van der Waals surface area contributed by atoms with Gasteiger partial charge in [-0.15, -0.1) is 0 Å². The molecule has 0 radical (unpaired) electrons. The summed E-state index contributed by atoms with van der Waals surface area (Å²) in [5, 5.41) is 6.12. The van der Waals surface area contributed by atoms with Crippen LogP contribution < -0.4 is 10.6 Å². The summed E-state index contributed by atoms with van der Waals surface area (Å²) in [5.41, 5.74) is 3.45. The first-order valence-corrected chi connectivity index (χ1v) is 9.08. The van der Waals surface area contributed by atoms with Crippen molar-refractivity contribution in [1.29, 1.82) is 0 Å². The molecule has 3 aromatic carbocycles. The minimum Gasteiger partial charge on any atom is -0.386 e. The number of amides is 1. The number of carbonyl (C=O) groups is 1. The molecule has 27 heavy (non-hydrogen) atoms. The Morgan fingerprint density at radius 3 is 1.89 bits per heavy atom. The number of benzene rings is 3. The van der Waals surface area contributed by atoms with Crippen LogP contribution in [-0.4, -0.2) is 10.9 Å². The Labute approximate surface area is 164 Å². The van der Waals surface area contributed by atoms with Gasteiger partial charge in [-0.05, 0) is 23.3 Å². The molecule has 1 amide bonds. The van der Waals surface area contributed by atoms with Gasteiger partial charge < -0.3 is 10.6 Å². The fourth-order valence-corrected chi connectivity index (χ4v) is 2.87. The zero-order valence-electron chi connectivity index (χ0n) is 14.8. The Morgan fingerprint density at radius 2 is 1.30 bits per heavy atom. The number of nitrogens with one attached hydrogen (secondary N) is 2. The van der Waals surface area contributed by atoms with Gasteiger partial charge in [0.25, 0.3) is 5.91 Å². The number of hydrogen-bond acceptors (Lipinski definition) is 3. The highest BCUT2D eigenvalue weighted by molar-refractivity contribution is 7.81. The van der Waals surface area contributed by atoms with E-state index in [0.29, 0.717) is 17.1 Å². The molecule has 2 N–H and O–H groups in total. The molecule has 0 spiro atoms. The molecule has 3 aromatic rings. The first kappa shape index (κ1) is 18.5. The Bertz CT molecular complexity index is 922. The first-order valence-electron chi connectivity index (χ1n) is 8.67. The average Bonchev–Trinajstić information content (AvgIpc) is 2.73. The van der Waals surface area contributed by atoms with Crippen LogP contribution in [0.4, 0.5) is 0 Å². The predicted molar refractivity (Wildman–Crippen MR) is 114 cm³/mol. The van der Waals surface area contributed by atoms with Crippen molar-refractivity contribution in [3.05, 3.63) is 114 Å². The van der Waals surface area contributed by atoms with E-state index in [1.54, 1.807) is 12.1 Å². The summed E-state index contributed by atoms with van der Waals surface area (Å²) in [6.07, 6.45) is 1.86. The van der Waals surface area contributed by atoms with Crippen LogP contribution in [0, 0.1) is 0 Å². The van der Waals surface area contributed by atoms with Gasteiger partial charge in [-0.1, -0.05) is 91.1 Å². The lowest BCUT2D eigenvalue weighted by Gasteiger charge is -2.12. The molecule has 0 aromatic heterocycles. The van der Waals surface area contributed by atoms with E-state index in [4.69, 9.17) is 12.2 Å². The summed E-state index contributed by atoms with van der Waals surface area (Å²) >= 11 is 5.52. The van der Waals surface area contributed by atoms with Crippen LogP contribution in [-0.2, 0) is 6.54 Å². The smallest absolute Gasteiger partial charge is 0.256 e. The molecule has 0 saturated heterocycles. The van der Waals surface area contributed by atoms with Crippen molar-refractivity contribution in [2.24, 2.45) is 0 Å². The maximum atomic E-state index is 12.4. The van der Waals surface area contributed by atoms with E-state index in [9.17, 15) is 4.79 Å². The van der Waals surface area contributed by atoms with Crippen molar-refractivity contribution in [3.63, 3.8) is 0 Å². The van der Waals surface area contributed by atoms with Gasteiger partial charge in [-0.25, -0.2) is 0 Å². The first-order chi connectivity index (χ1) is 13.2. The molecule has 3 rings (SSSR count). The number of carbonyl (C=O) groups excluding carboxylic acids is 1. The zero-order chi connectivity index (χ0) is 18.9. The second-order valence-corrected chi connectivity index (χ2v) is 6.35. The van der Waals surface area contributed by atoms with Gasteiger partial charge in [0.15, 0.2) is 0 Å². The van der Waals surface area contributed by atoms with E-state index in [2.05, 4.69) is 22.8 Å². The highest BCUT2D eigenvalue weighted by Gasteiger charge is 2.12. The molecule has 0 saturated carbocycles. The van der Waals surface area contributed by atoms with E-state index < -0.39 is 0 Å². The summed E-state index contributed by atoms with van der Waals surface area (Å²) in [7, 11) is 0. The van der Waals surface area contributed by atoms with Crippen LogP contribution in [0.5, 0.6) is 0 Å². The minimum atomic E-state index is -0.217. The topological polar surface area (TPSA) is 41.1 Å². The van der Waals surface area contributed by atoms with Crippen molar-refractivity contribution in [2.45, 2.75) is 6.54 Å². The molecule has 4 heteroatoms. The maximum Gasteiger partial charge on any atom is 0.256 e. The largest absolute Gasteiger partial charge is 0.386 e. The van der Waals surface area contributed by atoms with Crippen LogP contribution in [0.1, 0.15) is 21.5 Å². The SMILES string of the molecule is O=C(NC(=S)/C(=C/NCc1ccccc1)c1ccccc1)c1ccccc1. The number of rotatable bonds is 6. The van der Waals surface area contributed by atoms with E-state index in [1.165, 1.54) is 5.56 Å².